The second kappa shape index (κ2) is 7.87. The number of carboxylic acids is 1. The van der Waals surface area contributed by atoms with Crippen LogP contribution in [0.2, 0.25) is 0 Å². The predicted molar refractivity (Wildman–Crippen MR) is 99.6 cm³/mol. The van der Waals surface area contributed by atoms with Crippen LogP contribution in [0.15, 0.2) is 30.3 Å². The molecule has 0 unspecified atom stereocenters. The number of halogens is 1. The van der Waals surface area contributed by atoms with Crippen molar-refractivity contribution in [3.8, 4) is 0 Å². The van der Waals surface area contributed by atoms with Crippen molar-refractivity contribution in [3.63, 3.8) is 0 Å². The number of nitrogens with one attached hydrogen (secondary N) is 2. The van der Waals surface area contributed by atoms with E-state index in [4.69, 9.17) is 5.11 Å². The molecule has 1 saturated carbocycles. The van der Waals surface area contributed by atoms with Gasteiger partial charge in [0.1, 0.15) is 5.82 Å². The third-order valence-corrected chi connectivity index (χ3v) is 5.72. The Labute approximate surface area is 159 Å². The number of benzene rings is 1. The highest BCUT2D eigenvalue weighted by atomic mass is 32.1. The second-order valence-corrected chi connectivity index (χ2v) is 7.66. The number of aryl methyl sites for hydroxylation is 1. The number of thiophene rings is 1. The van der Waals surface area contributed by atoms with E-state index in [1.54, 1.807) is 13.0 Å². The maximum absolute atomic E-state index is 13.2. The van der Waals surface area contributed by atoms with Crippen LogP contribution >= 0.6 is 11.3 Å². The average Bonchev–Trinajstić information content (AvgIpc) is 3.21. The molecule has 142 valence electrons. The molecule has 1 fully saturated rings. The van der Waals surface area contributed by atoms with Crippen molar-refractivity contribution in [2.24, 2.45) is 5.92 Å². The fourth-order valence-electron chi connectivity index (χ4n) is 3.17. The fourth-order valence-corrected chi connectivity index (χ4v) is 4.14. The van der Waals surface area contributed by atoms with Gasteiger partial charge < -0.3 is 15.7 Å². The van der Waals surface area contributed by atoms with Gasteiger partial charge in [0.05, 0.1) is 15.8 Å². The molecule has 3 rings (SSSR count). The van der Waals surface area contributed by atoms with Crippen LogP contribution in [-0.2, 0) is 4.79 Å². The van der Waals surface area contributed by atoms with Gasteiger partial charge in [-0.2, -0.15) is 0 Å². The van der Waals surface area contributed by atoms with Crippen LogP contribution in [0, 0.1) is 18.7 Å². The summed E-state index contributed by atoms with van der Waals surface area (Å²) in [6.07, 6.45) is 1.61. The fraction of sp³-hybridized carbons (Fsp3) is 0.316. The Morgan fingerprint density at radius 2 is 1.96 bits per heavy atom. The highest BCUT2D eigenvalue weighted by molar-refractivity contribution is 7.18. The molecule has 0 spiro atoms. The van der Waals surface area contributed by atoms with Crippen molar-refractivity contribution >= 4 is 34.1 Å². The van der Waals surface area contributed by atoms with E-state index in [0.29, 0.717) is 34.7 Å². The molecular weight excluding hydrogens is 371 g/mol. The Morgan fingerprint density at radius 1 is 1.19 bits per heavy atom. The van der Waals surface area contributed by atoms with Gasteiger partial charge in [-0.1, -0.05) is 6.07 Å². The smallest absolute Gasteiger partial charge is 0.306 e. The molecule has 3 N–H and O–H groups in total. The van der Waals surface area contributed by atoms with Crippen molar-refractivity contribution < 1.29 is 23.9 Å². The van der Waals surface area contributed by atoms with Gasteiger partial charge in [0.15, 0.2) is 0 Å². The van der Waals surface area contributed by atoms with E-state index in [2.05, 4.69) is 10.6 Å². The molecule has 27 heavy (non-hydrogen) atoms. The summed E-state index contributed by atoms with van der Waals surface area (Å²) in [6.45, 7) is 1.76. The van der Waals surface area contributed by atoms with E-state index < -0.39 is 23.6 Å². The lowest BCUT2D eigenvalue weighted by atomic mass is 10.1. The van der Waals surface area contributed by atoms with Gasteiger partial charge in [-0.3, -0.25) is 14.4 Å². The molecule has 1 aromatic heterocycles. The van der Waals surface area contributed by atoms with Crippen LogP contribution in [0.1, 0.15) is 44.9 Å². The van der Waals surface area contributed by atoms with Crippen molar-refractivity contribution in [1.29, 1.82) is 0 Å². The molecule has 8 heteroatoms. The van der Waals surface area contributed by atoms with Crippen molar-refractivity contribution in [1.82, 2.24) is 5.32 Å². The van der Waals surface area contributed by atoms with Crippen molar-refractivity contribution in [3.05, 3.63) is 52.2 Å². The Kier molecular flexibility index (Phi) is 5.55. The molecule has 0 bridgehead atoms. The summed E-state index contributed by atoms with van der Waals surface area (Å²) in [6, 6.07) is 6.88. The number of aliphatic carboxylic acids is 1. The first-order valence-electron chi connectivity index (χ1n) is 8.54. The monoisotopic (exact) mass is 390 g/mol. The van der Waals surface area contributed by atoms with Gasteiger partial charge in [-0.25, -0.2) is 4.39 Å². The first kappa shape index (κ1) is 19.0. The zero-order valence-electron chi connectivity index (χ0n) is 14.6. The summed E-state index contributed by atoms with van der Waals surface area (Å²) < 4.78 is 13.2. The standard InChI is InChI=1S/C19H19FN2O4S/c1-10-7-15(22-17(23)11-3-2-4-13(20)8-11)27-16(10)18(24)21-14-6-5-12(9-14)19(25)26/h2-4,7-8,12,14H,5-6,9H2,1H3,(H,21,24)(H,22,23)(H,25,26)/t12-,14+/m0/s1. The average molecular weight is 390 g/mol. The lowest BCUT2D eigenvalue weighted by Gasteiger charge is -2.11. The van der Waals surface area contributed by atoms with E-state index >= 15 is 0 Å². The summed E-state index contributed by atoms with van der Waals surface area (Å²) in [5.74, 6) is -2.48. The van der Waals surface area contributed by atoms with E-state index in [9.17, 15) is 18.8 Å². The maximum atomic E-state index is 13.2. The van der Waals surface area contributed by atoms with Gasteiger partial charge in [0.25, 0.3) is 11.8 Å². The number of anilines is 1. The quantitative estimate of drug-likeness (QED) is 0.729. The Balaban J connectivity index is 1.64. The third kappa shape index (κ3) is 4.51. The highest BCUT2D eigenvalue weighted by Gasteiger charge is 2.31. The zero-order valence-corrected chi connectivity index (χ0v) is 15.4. The molecular formula is C19H19FN2O4S. The summed E-state index contributed by atoms with van der Waals surface area (Å²) >= 11 is 1.13. The van der Waals surface area contributed by atoms with Crippen molar-refractivity contribution in [2.45, 2.75) is 32.2 Å². The van der Waals surface area contributed by atoms with Gasteiger partial charge in [-0.15, -0.1) is 11.3 Å². The number of carboxylic acid groups (broad SMARTS) is 1. The minimum absolute atomic E-state index is 0.162. The Morgan fingerprint density at radius 3 is 2.63 bits per heavy atom. The molecule has 1 aliphatic carbocycles. The SMILES string of the molecule is Cc1cc(NC(=O)c2cccc(F)c2)sc1C(=O)N[C@@H]1CC[C@H](C(=O)O)C1. The molecule has 0 saturated heterocycles. The maximum Gasteiger partial charge on any atom is 0.306 e. The molecule has 0 aliphatic heterocycles. The number of amides is 2. The second-order valence-electron chi connectivity index (χ2n) is 6.61. The Bertz CT molecular complexity index is 896. The molecule has 1 aromatic carbocycles. The minimum atomic E-state index is -0.832. The predicted octanol–water partition coefficient (Wildman–Crippen LogP) is 3.43. The molecule has 6 nitrogen and oxygen atoms in total. The molecule has 1 heterocycles. The van der Waals surface area contributed by atoms with Crippen LogP contribution in [0.5, 0.6) is 0 Å². The van der Waals surface area contributed by atoms with Crippen LogP contribution in [0.25, 0.3) is 0 Å². The lowest BCUT2D eigenvalue weighted by molar-refractivity contribution is -0.141. The molecule has 0 radical (unpaired) electrons. The third-order valence-electron chi connectivity index (χ3n) is 4.56. The minimum Gasteiger partial charge on any atom is -0.481 e. The number of rotatable bonds is 5. The first-order chi connectivity index (χ1) is 12.8. The molecule has 2 aromatic rings. The highest BCUT2D eigenvalue weighted by Crippen LogP contribution is 2.29. The van der Waals surface area contributed by atoms with Gasteiger partial charge in [-0.05, 0) is 56.0 Å². The Hall–Kier alpha value is -2.74. The normalized spacial score (nSPS) is 18.9. The topological polar surface area (TPSA) is 95.5 Å². The zero-order chi connectivity index (χ0) is 19.6. The largest absolute Gasteiger partial charge is 0.481 e. The first-order valence-corrected chi connectivity index (χ1v) is 9.36. The molecule has 2 amide bonds. The number of hydrogen-bond acceptors (Lipinski definition) is 4. The van der Waals surface area contributed by atoms with Gasteiger partial charge >= 0.3 is 5.97 Å². The number of hydrogen-bond donors (Lipinski definition) is 3. The van der Waals surface area contributed by atoms with Gasteiger partial charge in [0, 0.05) is 11.6 Å². The lowest BCUT2D eigenvalue weighted by Crippen LogP contribution is -2.33. The van der Waals surface area contributed by atoms with E-state index in [1.807, 2.05) is 0 Å². The summed E-state index contributed by atoms with van der Waals surface area (Å²) in [7, 11) is 0. The number of carbonyl (C=O) groups excluding carboxylic acids is 2. The van der Waals surface area contributed by atoms with Gasteiger partial charge in [0.2, 0.25) is 0 Å². The molecule has 1 aliphatic rings. The van der Waals surface area contributed by atoms with Crippen LogP contribution in [0.3, 0.4) is 0 Å². The summed E-state index contributed by atoms with van der Waals surface area (Å²) in [5.41, 5.74) is 0.901. The molecule has 2 atom stereocenters. The van der Waals surface area contributed by atoms with E-state index in [1.165, 1.54) is 18.2 Å². The number of carbonyl (C=O) groups is 3. The van der Waals surface area contributed by atoms with E-state index in [-0.39, 0.29) is 17.5 Å². The van der Waals surface area contributed by atoms with Crippen LogP contribution in [-0.4, -0.2) is 28.9 Å². The summed E-state index contributed by atoms with van der Waals surface area (Å²) in [5, 5.41) is 15.1. The van der Waals surface area contributed by atoms with E-state index in [0.717, 1.165) is 17.4 Å². The van der Waals surface area contributed by atoms with Crippen LogP contribution < -0.4 is 10.6 Å². The summed E-state index contributed by atoms with van der Waals surface area (Å²) in [4.78, 5) is 36.2. The van der Waals surface area contributed by atoms with Crippen LogP contribution in [0.4, 0.5) is 9.39 Å². The van der Waals surface area contributed by atoms with Crippen molar-refractivity contribution in [2.75, 3.05) is 5.32 Å².